The highest BCUT2D eigenvalue weighted by molar-refractivity contribution is 7.10. The predicted octanol–water partition coefficient (Wildman–Crippen LogP) is 3.18. The molecule has 1 saturated carbocycles. The summed E-state index contributed by atoms with van der Waals surface area (Å²) in [6.07, 6.45) is 1.95. The molecule has 7 heteroatoms. The molecule has 3 N–H and O–H groups in total. The normalized spacial score (nSPS) is 14.8. The molecule has 1 aliphatic rings. The summed E-state index contributed by atoms with van der Waals surface area (Å²) in [5, 5.41) is 4.51. The first kappa shape index (κ1) is 17.4. The third-order valence-electron chi connectivity index (χ3n) is 4.19. The lowest BCUT2D eigenvalue weighted by Gasteiger charge is -2.25. The molecule has 1 aliphatic carbocycles. The smallest absolute Gasteiger partial charge is 0.312 e. The van der Waals surface area contributed by atoms with Gasteiger partial charge >= 0.3 is 6.03 Å². The molecule has 1 heterocycles. The van der Waals surface area contributed by atoms with Crippen molar-refractivity contribution in [3.8, 4) is 0 Å². The Hall–Kier alpha value is -2.41. The average molecular weight is 361 g/mol. The first-order valence-electron chi connectivity index (χ1n) is 8.17. The van der Waals surface area contributed by atoms with Gasteiger partial charge in [-0.15, -0.1) is 11.3 Å². The van der Waals surface area contributed by atoms with Crippen LogP contribution in [0.15, 0.2) is 41.8 Å². The predicted molar refractivity (Wildman–Crippen MR) is 94.4 cm³/mol. The molecule has 1 aromatic carbocycles. The van der Waals surface area contributed by atoms with Gasteiger partial charge in [0.1, 0.15) is 5.82 Å². The molecule has 0 spiro atoms. The second kappa shape index (κ2) is 7.65. The van der Waals surface area contributed by atoms with Crippen LogP contribution >= 0.6 is 11.3 Å². The minimum absolute atomic E-state index is 0.106. The first-order valence-corrected chi connectivity index (χ1v) is 9.05. The molecule has 3 amide bonds. The number of urea groups is 1. The molecule has 1 unspecified atom stereocenters. The Morgan fingerprint density at radius 1 is 1.28 bits per heavy atom. The number of nitrogens with zero attached hydrogens (tertiary/aromatic N) is 1. The second-order valence-corrected chi connectivity index (χ2v) is 7.10. The molecular weight excluding hydrogens is 341 g/mol. The maximum Gasteiger partial charge on any atom is 0.312 e. The lowest BCUT2D eigenvalue weighted by Crippen LogP contribution is -2.39. The summed E-state index contributed by atoms with van der Waals surface area (Å²) in [6, 6.07) is 9.21. The van der Waals surface area contributed by atoms with Crippen molar-refractivity contribution in [3.05, 3.63) is 58.0 Å². The third-order valence-corrected chi connectivity index (χ3v) is 5.17. The number of hydrogen-bond acceptors (Lipinski definition) is 3. The number of thiophene rings is 1. The molecule has 1 fully saturated rings. The lowest BCUT2D eigenvalue weighted by molar-refractivity contribution is -0.133. The van der Waals surface area contributed by atoms with Gasteiger partial charge in [-0.3, -0.25) is 4.79 Å². The van der Waals surface area contributed by atoms with E-state index in [0.29, 0.717) is 5.56 Å². The summed E-state index contributed by atoms with van der Waals surface area (Å²) in [4.78, 5) is 26.7. The number of nitrogens with one attached hydrogen (secondary N) is 1. The van der Waals surface area contributed by atoms with E-state index in [9.17, 15) is 14.0 Å². The summed E-state index contributed by atoms with van der Waals surface area (Å²) in [5.74, 6) is -0.427. The van der Waals surface area contributed by atoms with Gasteiger partial charge in [0.15, 0.2) is 0 Å². The van der Waals surface area contributed by atoms with Gasteiger partial charge in [0.25, 0.3) is 0 Å². The van der Waals surface area contributed by atoms with Crippen molar-refractivity contribution in [1.29, 1.82) is 0 Å². The number of carbonyl (C=O) groups excluding carboxylic acids is 2. The molecule has 2 aromatic rings. The standard InChI is InChI=1S/C18H20FN3O2S/c19-14-5-2-1-4-12(14)11-22(13-7-8-13)17(23)10-15(21-18(20)24)16-6-3-9-25-16/h1-6,9,13,15H,7-8,10-11H2,(H3,20,21,24). The summed E-state index contributed by atoms with van der Waals surface area (Å²) in [6.45, 7) is 0.240. The van der Waals surface area contributed by atoms with Gasteiger partial charge in [0, 0.05) is 23.0 Å². The van der Waals surface area contributed by atoms with Crippen LogP contribution < -0.4 is 11.1 Å². The van der Waals surface area contributed by atoms with E-state index in [1.165, 1.54) is 17.4 Å². The van der Waals surface area contributed by atoms with E-state index in [1.54, 1.807) is 23.1 Å². The highest BCUT2D eigenvalue weighted by Crippen LogP contribution is 2.31. The monoisotopic (exact) mass is 361 g/mol. The van der Waals surface area contributed by atoms with Gasteiger partial charge in [-0.2, -0.15) is 0 Å². The van der Waals surface area contributed by atoms with Crippen molar-refractivity contribution >= 4 is 23.3 Å². The Bertz CT molecular complexity index is 747. The van der Waals surface area contributed by atoms with E-state index in [1.807, 2.05) is 17.5 Å². The zero-order chi connectivity index (χ0) is 17.8. The number of rotatable bonds is 7. The van der Waals surface area contributed by atoms with Gasteiger partial charge in [0.2, 0.25) is 5.91 Å². The molecule has 0 bridgehead atoms. The van der Waals surface area contributed by atoms with Crippen LogP contribution in [0.5, 0.6) is 0 Å². The van der Waals surface area contributed by atoms with Crippen LogP contribution in [-0.2, 0) is 11.3 Å². The van der Waals surface area contributed by atoms with E-state index in [4.69, 9.17) is 5.73 Å². The SMILES string of the molecule is NC(=O)NC(CC(=O)N(Cc1ccccc1F)C1CC1)c1cccs1. The summed E-state index contributed by atoms with van der Waals surface area (Å²) >= 11 is 1.46. The number of hydrogen-bond donors (Lipinski definition) is 2. The van der Waals surface area contributed by atoms with Crippen molar-refractivity contribution in [3.63, 3.8) is 0 Å². The second-order valence-electron chi connectivity index (χ2n) is 6.12. The topological polar surface area (TPSA) is 75.4 Å². The zero-order valence-electron chi connectivity index (χ0n) is 13.7. The molecule has 132 valence electrons. The van der Waals surface area contributed by atoms with Crippen LogP contribution in [0.3, 0.4) is 0 Å². The fourth-order valence-corrected chi connectivity index (χ4v) is 3.57. The van der Waals surface area contributed by atoms with Crippen molar-refractivity contribution < 1.29 is 14.0 Å². The molecule has 1 aromatic heterocycles. The van der Waals surface area contributed by atoms with E-state index >= 15 is 0 Å². The maximum atomic E-state index is 13.9. The zero-order valence-corrected chi connectivity index (χ0v) is 14.5. The summed E-state index contributed by atoms with van der Waals surface area (Å²) < 4.78 is 13.9. The molecule has 25 heavy (non-hydrogen) atoms. The van der Waals surface area contributed by atoms with E-state index in [-0.39, 0.29) is 30.7 Å². The Morgan fingerprint density at radius 3 is 2.64 bits per heavy atom. The highest BCUT2D eigenvalue weighted by Gasteiger charge is 2.34. The fraction of sp³-hybridized carbons (Fsp3) is 0.333. The van der Waals surface area contributed by atoms with E-state index in [2.05, 4.69) is 5.32 Å². The first-order chi connectivity index (χ1) is 12.0. The average Bonchev–Trinajstić information content (AvgIpc) is 3.25. The van der Waals surface area contributed by atoms with Crippen LogP contribution in [0.4, 0.5) is 9.18 Å². The third kappa shape index (κ3) is 4.57. The Labute approximate surface area is 149 Å². The molecular formula is C18H20FN3O2S. The van der Waals surface area contributed by atoms with Crippen molar-refractivity contribution in [2.75, 3.05) is 0 Å². The highest BCUT2D eigenvalue weighted by atomic mass is 32.1. The number of carbonyl (C=O) groups is 2. The number of halogens is 1. The number of amides is 3. The fourth-order valence-electron chi connectivity index (χ4n) is 2.79. The van der Waals surface area contributed by atoms with Crippen molar-refractivity contribution in [1.82, 2.24) is 10.2 Å². The molecule has 1 atom stereocenters. The molecule has 5 nitrogen and oxygen atoms in total. The molecule has 0 aliphatic heterocycles. The number of benzene rings is 1. The van der Waals surface area contributed by atoms with Crippen molar-refractivity contribution in [2.45, 2.75) is 37.9 Å². The van der Waals surface area contributed by atoms with Gasteiger partial charge in [-0.05, 0) is 30.4 Å². The Morgan fingerprint density at radius 2 is 2.04 bits per heavy atom. The van der Waals surface area contributed by atoms with Crippen LogP contribution in [0, 0.1) is 5.82 Å². The lowest BCUT2D eigenvalue weighted by atomic mass is 10.1. The quantitative estimate of drug-likeness (QED) is 0.795. The molecule has 0 radical (unpaired) electrons. The van der Waals surface area contributed by atoms with Gasteiger partial charge in [-0.25, -0.2) is 9.18 Å². The van der Waals surface area contributed by atoms with Crippen LogP contribution in [-0.4, -0.2) is 22.9 Å². The Kier molecular flexibility index (Phi) is 5.33. The van der Waals surface area contributed by atoms with Gasteiger partial charge in [0.05, 0.1) is 12.5 Å². The minimum Gasteiger partial charge on any atom is -0.352 e. The van der Waals surface area contributed by atoms with Gasteiger partial charge in [-0.1, -0.05) is 24.3 Å². The largest absolute Gasteiger partial charge is 0.352 e. The van der Waals surface area contributed by atoms with Crippen LogP contribution in [0.2, 0.25) is 0 Å². The van der Waals surface area contributed by atoms with Gasteiger partial charge < -0.3 is 16.0 Å². The Balaban J connectivity index is 1.73. The summed E-state index contributed by atoms with van der Waals surface area (Å²) in [7, 11) is 0. The van der Waals surface area contributed by atoms with Crippen molar-refractivity contribution in [2.24, 2.45) is 5.73 Å². The van der Waals surface area contributed by atoms with E-state index < -0.39 is 12.1 Å². The number of primary amides is 1. The molecule has 0 saturated heterocycles. The maximum absolute atomic E-state index is 13.9. The number of nitrogens with two attached hydrogens (primary N) is 1. The van der Waals surface area contributed by atoms with Crippen LogP contribution in [0.1, 0.15) is 35.7 Å². The minimum atomic E-state index is -0.668. The summed E-state index contributed by atoms with van der Waals surface area (Å²) in [5.41, 5.74) is 5.75. The molecule has 3 rings (SSSR count). The van der Waals surface area contributed by atoms with E-state index in [0.717, 1.165) is 17.7 Å². The van der Waals surface area contributed by atoms with Crippen LogP contribution in [0.25, 0.3) is 0 Å².